The number of hydrogen-bond donors (Lipinski definition) is 1. The highest BCUT2D eigenvalue weighted by molar-refractivity contribution is 5.96. The summed E-state index contributed by atoms with van der Waals surface area (Å²) in [6.45, 7) is 4.11. The highest BCUT2D eigenvalue weighted by Crippen LogP contribution is 2.19. The van der Waals surface area contributed by atoms with E-state index in [0.29, 0.717) is 17.9 Å². The number of likely N-dealkylation sites (tertiary alicyclic amines) is 1. The van der Waals surface area contributed by atoms with E-state index in [9.17, 15) is 9.90 Å². The smallest absolute Gasteiger partial charge is 0.163 e. The van der Waals surface area contributed by atoms with E-state index in [0.717, 1.165) is 25.9 Å². The quantitative estimate of drug-likeness (QED) is 0.794. The van der Waals surface area contributed by atoms with Crippen LogP contribution in [0.15, 0.2) is 24.3 Å². The molecule has 104 valence electrons. The van der Waals surface area contributed by atoms with Crippen LogP contribution in [0, 0.1) is 0 Å². The van der Waals surface area contributed by atoms with Gasteiger partial charge < -0.3 is 9.84 Å². The second-order valence-corrected chi connectivity index (χ2v) is 4.92. The Morgan fingerprint density at radius 3 is 3.00 bits per heavy atom. The average Bonchev–Trinajstić information content (AvgIpc) is 2.86. The van der Waals surface area contributed by atoms with Gasteiger partial charge in [-0.15, -0.1) is 0 Å². The summed E-state index contributed by atoms with van der Waals surface area (Å²) in [5.74, 6) is 0.666. The molecule has 1 aliphatic rings. The molecule has 0 bridgehead atoms. The van der Waals surface area contributed by atoms with Gasteiger partial charge in [0.1, 0.15) is 12.4 Å². The highest BCUT2D eigenvalue weighted by Gasteiger charge is 2.23. The number of hydrogen-bond acceptors (Lipinski definition) is 4. The van der Waals surface area contributed by atoms with Gasteiger partial charge in [0.05, 0.1) is 12.2 Å². The number of Topliss-reactive ketones (excluding diaryl/α,β-unsaturated/α-hetero) is 1. The summed E-state index contributed by atoms with van der Waals surface area (Å²) in [4.78, 5) is 13.7. The number of carbonyl (C=O) groups excluding carboxylic acids is 1. The summed E-state index contributed by atoms with van der Waals surface area (Å²) in [7, 11) is 0. The van der Waals surface area contributed by atoms with E-state index in [-0.39, 0.29) is 18.4 Å². The minimum absolute atomic E-state index is 0.0185. The van der Waals surface area contributed by atoms with E-state index in [4.69, 9.17) is 4.74 Å². The number of ketones is 1. The van der Waals surface area contributed by atoms with E-state index in [1.165, 1.54) is 0 Å². The fraction of sp³-hybridized carbons (Fsp3) is 0.533. The van der Waals surface area contributed by atoms with Crippen LogP contribution in [-0.4, -0.2) is 48.1 Å². The maximum Gasteiger partial charge on any atom is 0.163 e. The summed E-state index contributed by atoms with van der Waals surface area (Å²) in [6.07, 6.45) is 2.19. The molecule has 1 fully saturated rings. The van der Waals surface area contributed by atoms with Crippen LogP contribution in [0.25, 0.3) is 0 Å². The highest BCUT2D eigenvalue weighted by atomic mass is 16.5. The first-order valence-electron chi connectivity index (χ1n) is 6.80. The predicted octanol–water partition coefficient (Wildman–Crippen LogP) is 1.72. The second kappa shape index (κ2) is 6.68. The largest absolute Gasteiger partial charge is 0.491 e. The van der Waals surface area contributed by atoms with E-state index < -0.39 is 0 Å². The zero-order valence-corrected chi connectivity index (χ0v) is 11.3. The Balaban J connectivity index is 1.87. The van der Waals surface area contributed by atoms with Crippen molar-refractivity contribution in [3.63, 3.8) is 0 Å². The van der Waals surface area contributed by atoms with Gasteiger partial charge in [-0.25, -0.2) is 0 Å². The first-order valence-corrected chi connectivity index (χ1v) is 6.80. The molecule has 1 aliphatic heterocycles. The van der Waals surface area contributed by atoms with Gasteiger partial charge in [-0.1, -0.05) is 12.1 Å². The van der Waals surface area contributed by atoms with Crippen LogP contribution in [0.1, 0.15) is 30.1 Å². The molecule has 0 radical (unpaired) electrons. The van der Waals surface area contributed by atoms with Crippen LogP contribution in [0.4, 0.5) is 0 Å². The Bertz CT molecular complexity index is 433. The molecule has 4 nitrogen and oxygen atoms in total. The number of benzene rings is 1. The van der Waals surface area contributed by atoms with Crippen LogP contribution in [0.3, 0.4) is 0 Å². The fourth-order valence-corrected chi connectivity index (χ4v) is 2.55. The Morgan fingerprint density at radius 1 is 1.47 bits per heavy atom. The number of aliphatic hydroxyl groups excluding tert-OH is 1. The summed E-state index contributed by atoms with van der Waals surface area (Å²) >= 11 is 0. The number of nitrogens with zero attached hydrogens (tertiary/aromatic N) is 1. The van der Waals surface area contributed by atoms with Gasteiger partial charge in [0, 0.05) is 12.6 Å². The summed E-state index contributed by atoms with van der Waals surface area (Å²) < 4.78 is 5.71. The van der Waals surface area contributed by atoms with Crippen molar-refractivity contribution in [2.75, 3.05) is 26.3 Å². The lowest BCUT2D eigenvalue weighted by Crippen LogP contribution is -2.35. The SMILES string of the molecule is CC(=O)c1ccccc1OCCN1CCCC1CO. The normalized spacial score (nSPS) is 19.6. The van der Waals surface area contributed by atoms with Crippen LogP contribution < -0.4 is 4.74 Å². The van der Waals surface area contributed by atoms with Crippen molar-refractivity contribution in [2.24, 2.45) is 0 Å². The molecule has 1 aromatic rings. The lowest BCUT2D eigenvalue weighted by molar-refractivity contribution is 0.101. The minimum atomic E-state index is 0.0185. The number of carbonyl (C=O) groups is 1. The first kappa shape index (κ1) is 14.0. The molecule has 1 saturated heterocycles. The maximum absolute atomic E-state index is 11.5. The maximum atomic E-state index is 11.5. The predicted molar refractivity (Wildman–Crippen MR) is 73.6 cm³/mol. The molecule has 0 spiro atoms. The number of aliphatic hydroxyl groups is 1. The van der Waals surface area contributed by atoms with Crippen molar-refractivity contribution in [1.82, 2.24) is 4.90 Å². The Kier molecular flexibility index (Phi) is 4.93. The number of rotatable bonds is 6. The first-order chi connectivity index (χ1) is 9.22. The zero-order chi connectivity index (χ0) is 13.7. The van der Waals surface area contributed by atoms with Crippen molar-refractivity contribution in [1.29, 1.82) is 0 Å². The topological polar surface area (TPSA) is 49.8 Å². The van der Waals surface area contributed by atoms with Crippen LogP contribution in [0.5, 0.6) is 5.75 Å². The fourth-order valence-electron chi connectivity index (χ4n) is 2.55. The molecule has 1 atom stereocenters. The molecule has 19 heavy (non-hydrogen) atoms. The van der Waals surface area contributed by atoms with Crippen LogP contribution in [-0.2, 0) is 0 Å². The Hall–Kier alpha value is -1.39. The second-order valence-electron chi connectivity index (χ2n) is 4.92. The Morgan fingerprint density at radius 2 is 2.26 bits per heavy atom. The summed E-state index contributed by atoms with van der Waals surface area (Å²) in [5.41, 5.74) is 0.627. The van der Waals surface area contributed by atoms with Gasteiger partial charge in [0.25, 0.3) is 0 Å². The van der Waals surface area contributed by atoms with E-state index in [1.807, 2.05) is 18.2 Å². The number of ether oxygens (including phenoxy) is 1. The van der Waals surface area contributed by atoms with Gasteiger partial charge in [-0.05, 0) is 38.4 Å². The molecule has 2 rings (SSSR count). The van der Waals surface area contributed by atoms with E-state index in [2.05, 4.69) is 4.90 Å². The standard InChI is InChI=1S/C15H21NO3/c1-12(18)14-6-2-3-7-15(14)19-10-9-16-8-4-5-13(16)11-17/h2-3,6-7,13,17H,4-5,8-11H2,1H3. The van der Waals surface area contributed by atoms with Crippen LogP contribution >= 0.6 is 0 Å². The van der Waals surface area contributed by atoms with Crippen molar-refractivity contribution in [3.8, 4) is 5.75 Å². The average molecular weight is 263 g/mol. The van der Waals surface area contributed by atoms with Gasteiger partial charge >= 0.3 is 0 Å². The van der Waals surface area contributed by atoms with Crippen molar-refractivity contribution >= 4 is 5.78 Å². The molecular weight excluding hydrogens is 242 g/mol. The minimum Gasteiger partial charge on any atom is -0.491 e. The lowest BCUT2D eigenvalue weighted by Gasteiger charge is -2.22. The number of para-hydroxylation sites is 1. The molecule has 1 unspecified atom stereocenters. The van der Waals surface area contributed by atoms with Crippen molar-refractivity contribution < 1.29 is 14.6 Å². The van der Waals surface area contributed by atoms with Gasteiger partial charge in [-0.2, -0.15) is 0 Å². The summed E-state index contributed by atoms with van der Waals surface area (Å²) in [5, 5.41) is 9.24. The molecular formula is C15H21NO3. The molecule has 1 heterocycles. The molecule has 0 aliphatic carbocycles. The van der Waals surface area contributed by atoms with E-state index in [1.54, 1.807) is 13.0 Å². The molecule has 0 amide bonds. The van der Waals surface area contributed by atoms with Crippen molar-refractivity contribution in [2.45, 2.75) is 25.8 Å². The molecule has 0 aromatic heterocycles. The third-order valence-corrected chi connectivity index (χ3v) is 3.61. The molecule has 1 aromatic carbocycles. The van der Waals surface area contributed by atoms with Gasteiger partial charge in [0.2, 0.25) is 0 Å². The molecule has 0 saturated carbocycles. The van der Waals surface area contributed by atoms with Crippen molar-refractivity contribution in [3.05, 3.63) is 29.8 Å². The van der Waals surface area contributed by atoms with Gasteiger partial charge in [-0.3, -0.25) is 9.69 Å². The van der Waals surface area contributed by atoms with E-state index >= 15 is 0 Å². The molecule has 1 N–H and O–H groups in total. The van der Waals surface area contributed by atoms with Gasteiger partial charge in [0.15, 0.2) is 5.78 Å². The Labute approximate surface area is 114 Å². The summed E-state index contributed by atoms with van der Waals surface area (Å²) in [6, 6.07) is 7.58. The third-order valence-electron chi connectivity index (χ3n) is 3.61. The van der Waals surface area contributed by atoms with Crippen LogP contribution in [0.2, 0.25) is 0 Å². The molecule has 4 heteroatoms. The monoisotopic (exact) mass is 263 g/mol. The third kappa shape index (κ3) is 3.55. The lowest BCUT2D eigenvalue weighted by atomic mass is 10.1. The zero-order valence-electron chi connectivity index (χ0n) is 11.3.